The van der Waals surface area contributed by atoms with E-state index >= 15 is 0 Å². The second-order valence-electron chi connectivity index (χ2n) is 5.17. The van der Waals surface area contributed by atoms with Crippen molar-refractivity contribution >= 4 is 16.2 Å². The van der Waals surface area contributed by atoms with E-state index in [9.17, 15) is 13.2 Å². The molecule has 0 saturated carbocycles. The van der Waals surface area contributed by atoms with Crippen LogP contribution in [-0.2, 0) is 15.0 Å². The Morgan fingerprint density at radius 3 is 2.16 bits per heavy atom. The molecule has 6 nitrogen and oxygen atoms in total. The molecule has 19 heavy (non-hydrogen) atoms. The van der Waals surface area contributed by atoms with E-state index < -0.39 is 16.2 Å². The number of carboxylic acids is 1. The predicted molar refractivity (Wildman–Crippen MR) is 73.1 cm³/mol. The minimum atomic E-state index is -3.54. The molecule has 0 aliphatic carbocycles. The van der Waals surface area contributed by atoms with E-state index in [1.807, 2.05) is 0 Å². The second kappa shape index (κ2) is 7.21. The van der Waals surface area contributed by atoms with Gasteiger partial charge in [-0.1, -0.05) is 12.8 Å². The molecule has 0 spiro atoms. The van der Waals surface area contributed by atoms with Gasteiger partial charge in [0.1, 0.15) is 0 Å². The largest absolute Gasteiger partial charge is 0.481 e. The fourth-order valence-corrected chi connectivity index (χ4v) is 4.14. The Labute approximate surface area is 115 Å². The van der Waals surface area contributed by atoms with Gasteiger partial charge in [-0.3, -0.25) is 4.79 Å². The van der Waals surface area contributed by atoms with Crippen LogP contribution in [0.3, 0.4) is 0 Å². The van der Waals surface area contributed by atoms with Crippen molar-refractivity contribution in [2.24, 2.45) is 0 Å². The quantitative estimate of drug-likeness (QED) is 0.800. The van der Waals surface area contributed by atoms with E-state index in [-0.39, 0.29) is 19.0 Å². The average Bonchev–Trinajstić information content (AvgIpc) is 2.56. The summed E-state index contributed by atoms with van der Waals surface area (Å²) < 4.78 is 27.9. The molecule has 112 valence electrons. The summed E-state index contributed by atoms with van der Waals surface area (Å²) in [4.78, 5) is 10.6. The first-order valence-electron chi connectivity index (χ1n) is 6.84. The molecular formula is C12H24N2O4S. The molecule has 1 heterocycles. The Hall–Kier alpha value is -0.660. The zero-order chi connectivity index (χ0) is 14.5. The molecule has 1 aliphatic rings. The molecule has 0 aromatic heterocycles. The van der Waals surface area contributed by atoms with Crippen molar-refractivity contribution in [2.75, 3.05) is 19.6 Å². The van der Waals surface area contributed by atoms with Crippen molar-refractivity contribution in [3.63, 3.8) is 0 Å². The summed E-state index contributed by atoms with van der Waals surface area (Å²) >= 11 is 0. The van der Waals surface area contributed by atoms with Gasteiger partial charge in [-0.2, -0.15) is 17.0 Å². The molecule has 0 unspecified atom stereocenters. The lowest BCUT2D eigenvalue weighted by Gasteiger charge is -2.31. The summed E-state index contributed by atoms with van der Waals surface area (Å²) in [5.74, 6) is -0.975. The van der Waals surface area contributed by atoms with Crippen LogP contribution in [0.4, 0.5) is 0 Å². The van der Waals surface area contributed by atoms with Crippen LogP contribution >= 0.6 is 0 Å². The van der Waals surface area contributed by atoms with Crippen LogP contribution in [0.5, 0.6) is 0 Å². The van der Waals surface area contributed by atoms with Gasteiger partial charge >= 0.3 is 5.97 Å². The van der Waals surface area contributed by atoms with Gasteiger partial charge in [0.2, 0.25) is 0 Å². The third-order valence-electron chi connectivity index (χ3n) is 3.31. The lowest BCUT2D eigenvalue weighted by atomic mass is 10.2. The van der Waals surface area contributed by atoms with Gasteiger partial charge < -0.3 is 5.11 Å². The van der Waals surface area contributed by atoms with Crippen LogP contribution in [0.2, 0.25) is 0 Å². The molecule has 0 amide bonds. The Bertz CT molecular complexity index is 387. The van der Waals surface area contributed by atoms with Crippen molar-refractivity contribution < 1.29 is 18.3 Å². The summed E-state index contributed by atoms with van der Waals surface area (Å²) in [6, 6.07) is -0.229. The summed E-state index contributed by atoms with van der Waals surface area (Å²) in [7, 11) is -3.54. The minimum Gasteiger partial charge on any atom is -0.481 e. The molecule has 0 atom stereocenters. The minimum absolute atomic E-state index is 0.0336. The number of rotatable bonds is 6. The summed E-state index contributed by atoms with van der Waals surface area (Å²) in [5, 5.41) is 8.73. The highest BCUT2D eigenvalue weighted by Crippen LogP contribution is 2.18. The maximum atomic E-state index is 12.6. The number of hydrogen-bond acceptors (Lipinski definition) is 3. The first kappa shape index (κ1) is 16.4. The lowest BCUT2D eigenvalue weighted by molar-refractivity contribution is -0.137. The fourth-order valence-electron chi connectivity index (χ4n) is 2.27. The molecule has 0 radical (unpaired) electrons. The van der Waals surface area contributed by atoms with Crippen LogP contribution < -0.4 is 0 Å². The van der Waals surface area contributed by atoms with E-state index in [2.05, 4.69) is 0 Å². The van der Waals surface area contributed by atoms with Gasteiger partial charge in [-0.25, -0.2) is 0 Å². The number of carboxylic acid groups (broad SMARTS) is 1. The van der Waals surface area contributed by atoms with Crippen LogP contribution in [0.15, 0.2) is 0 Å². The first-order chi connectivity index (χ1) is 8.85. The summed E-state index contributed by atoms with van der Waals surface area (Å²) in [6.07, 6.45) is 3.71. The Kier molecular flexibility index (Phi) is 6.22. The SMILES string of the molecule is CC(C)N(CCC(=O)O)S(=O)(=O)N1CCCCCC1. The van der Waals surface area contributed by atoms with Crippen molar-refractivity contribution in [3.8, 4) is 0 Å². The van der Waals surface area contributed by atoms with Crippen LogP contribution in [0.25, 0.3) is 0 Å². The monoisotopic (exact) mass is 292 g/mol. The third kappa shape index (κ3) is 4.74. The molecule has 1 N–H and O–H groups in total. The topological polar surface area (TPSA) is 77.9 Å². The Morgan fingerprint density at radius 2 is 1.74 bits per heavy atom. The normalized spacial score (nSPS) is 18.7. The lowest BCUT2D eigenvalue weighted by Crippen LogP contribution is -2.48. The number of aliphatic carboxylic acids is 1. The molecule has 1 saturated heterocycles. The van der Waals surface area contributed by atoms with E-state index in [0.717, 1.165) is 25.7 Å². The summed E-state index contributed by atoms with van der Waals surface area (Å²) in [5.41, 5.74) is 0. The first-order valence-corrected chi connectivity index (χ1v) is 8.24. The molecule has 1 rings (SSSR count). The van der Waals surface area contributed by atoms with E-state index in [1.54, 1.807) is 13.8 Å². The maximum Gasteiger partial charge on any atom is 0.304 e. The third-order valence-corrected chi connectivity index (χ3v) is 5.52. The van der Waals surface area contributed by atoms with Crippen molar-refractivity contribution in [3.05, 3.63) is 0 Å². The highest BCUT2D eigenvalue weighted by atomic mass is 32.2. The number of nitrogens with zero attached hydrogens (tertiary/aromatic N) is 2. The second-order valence-corrected chi connectivity index (χ2v) is 7.05. The molecule has 1 aliphatic heterocycles. The number of carbonyl (C=O) groups is 1. The van der Waals surface area contributed by atoms with E-state index in [0.29, 0.717) is 13.1 Å². The average molecular weight is 292 g/mol. The van der Waals surface area contributed by atoms with Gasteiger partial charge in [0.15, 0.2) is 0 Å². The Balaban J connectivity index is 2.81. The number of hydrogen-bond donors (Lipinski definition) is 1. The van der Waals surface area contributed by atoms with Crippen molar-refractivity contribution in [2.45, 2.75) is 52.0 Å². The van der Waals surface area contributed by atoms with Gasteiger partial charge in [-0.15, -0.1) is 0 Å². The maximum absolute atomic E-state index is 12.6. The molecule has 7 heteroatoms. The van der Waals surface area contributed by atoms with Gasteiger partial charge in [0, 0.05) is 25.7 Å². The zero-order valence-electron chi connectivity index (χ0n) is 11.7. The molecule has 0 aromatic carbocycles. The van der Waals surface area contributed by atoms with Crippen LogP contribution in [0, 0.1) is 0 Å². The Morgan fingerprint density at radius 1 is 1.21 bits per heavy atom. The van der Waals surface area contributed by atoms with Crippen LogP contribution in [0.1, 0.15) is 46.0 Å². The van der Waals surface area contributed by atoms with Crippen LogP contribution in [-0.4, -0.2) is 53.8 Å². The van der Waals surface area contributed by atoms with Gasteiger partial charge in [0.05, 0.1) is 6.42 Å². The highest BCUT2D eigenvalue weighted by molar-refractivity contribution is 7.86. The van der Waals surface area contributed by atoms with Gasteiger partial charge in [0.25, 0.3) is 10.2 Å². The predicted octanol–water partition coefficient (Wildman–Crippen LogP) is 1.29. The zero-order valence-corrected chi connectivity index (χ0v) is 12.5. The van der Waals surface area contributed by atoms with E-state index in [1.165, 1.54) is 8.61 Å². The standard InChI is InChI=1S/C12H24N2O4S/c1-11(2)14(10-7-12(15)16)19(17,18)13-8-5-3-4-6-9-13/h11H,3-10H2,1-2H3,(H,15,16). The summed E-state index contributed by atoms with van der Waals surface area (Å²) in [6.45, 7) is 4.66. The van der Waals surface area contributed by atoms with Gasteiger partial charge in [-0.05, 0) is 26.7 Å². The molecule has 0 bridgehead atoms. The smallest absolute Gasteiger partial charge is 0.304 e. The molecule has 1 fully saturated rings. The highest BCUT2D eigenvalue weighted by Gasteiger charge is 2.31. The molecule has 0 aromatic rings. The fraction of sp³-hybridized carbons (Fsp3) is 0.917. The van der Waals surface area contributed by atoms with E-state index in [4.69, 9.17) is 5.11 Å². The molecular weight excluding hydrogens is 268 g/mol. The van der Waals surface area contributed by atoms with Crippen molar-refractivity contribution in [1.29, 1.82) is 0 Å². The van der Waals surface area contributed by atoms with Crippen molar-refractivity contribution in [1.82, 2.24) is 8.61 Å².